The Morgan fingerprint density at radius 3 is 2.60 bits per heavy atom. The number of anilines is 1. The molecule has 134 valence electrons. The highest BCUT2D eigenvalue weighted by Gasteiger charge is 2.30. The molecule has 1 aromatic heterocycles. The van der Waals surface area contributed by atoms with Crippen LogP contribution in [0.1, 0.15) is 31.5 Å². The maximum atomic E-state index is 6.12. The van der Waals surface area contributed by atoms with Crippen LogP contribution in [0.4, 0.5) is 5.69 Å². The molecule has 1 aliphatic carbocycles. The van der Waals surface area contributed by atoms with Gasteiger partial charge in [0, 0.05) is 49.4 Å². The molecule has 7 heteroatoms. The molecule has 0 unspecified atom stereocenters. The Kier molecular flexibility index (Phi) is 4.84. The first kappa shape index (κ1) is 17.1. The molecule has 0 radical (unpaired) electrons. The molecule has 0 atom stereocenters. The van der Waals surface area contributed by atoms with Gasteiger partial charge in [-0.3, -0.25) is 4.90 Å². The van der Waals surface area contributed by atoms with Crippen LogP contribution in [0.25, 0.3) is 0 Å². The lowest BCUT2D eigenvalue weighted by molar-refractivity contribution is 0.194. The molecular formula is C18H24ClN5S. The summed E-state index contributed by atoms with van der Waals surface area (Å²) < 4.78 is 5.08. The van der Waals surface area contributed by atoms with Crippen molar-refractivity contribution in [3.8, 4) is 0 Å². The van der Waals surface area contributed by atoms with E-state index in [1.54, 1.807) is 0 Å². The summed E-state index contributed by atoms with van der Waals surface area (Å²) in [6, 6.07) is 8.10. The molecule has 5 nitrogen and oxygen atoms in total. The molecule has 25 heavy (non-hydrogen) atoms. The van der Waals surface area contributed by atoms with E-state index in [0.29, 0.717) is 5.92 Å². The Labute approximate surface area is 158 Å². The van der Waals surface area contributed by atoms with Gasteiger partial charge in [0.25, 0.3) is 0 Å². The molecule has 1 aliphatic heterocycles. The Hall–Kier alpha value is -1.37. The minimum absolute atomic E-state index is 0.627. The summed E-state index contributed by atoms with van der Waals surface area (Å²) >= 11 is 11.8. The zero-order valence-electron chi connectivity index (χ0n) is 14.6. The highest BCUT2D eigenvalue weighted by atomic mass is 35.5. The van der Waals surface area contributed by atoms with Crippen LogP contribution < -0.4 is 4.90 Å². The number of piperazine rings is 1. The Morgan fingerprint density at radius 2 is 1.96 bits per heavy atom. The highest BCUT2D eigenvalue weighted by Crippen LogP contribution is 2.39. The number of hydrogen-bond acceptors (Lipinski definition) is 4. The first-order valence-electron chi connectivity index (χ1n) is 9.06. The van der Waals surface area contributed by atoms with E-state index in [-0.39, 0.29) is 0 Å². The van der Waals surface area contributed by atoms with E-state index in [2.05, 4.69) is 27.4 Å². The summed E-state index contributed by atoms with van der Waals surface area (Å²) in [5.74, 6) is 1.81. The topological polar surface area (TPSA) is 29.2 Å². The van der Waals surface area contributed by atoms with Crippen molar-refractivity contribution in [1.29, 1.82) is 0 Å². The maximum Gasteiger partial charge on any atom is 0.199 e. The number of rotatable bonds is 5. The van der Waals surface area contributed by atoms with Crippen molar-refractivity contribution in [2.75, 3.05) is 31.1 Å². The highest BCUT2D eigenvalue weighted by molar-refractivity contribution is 7.71. The van der Waals surface area contributed by atoms with Gasteiger partial charge in [-0.2, -0.15) is 5.10 Å². The van der Waals surface area contributed by atoms with Crippen LogP contribution in [-0.2, 0) is 13.2 Å². The Balaban J connectivity index is 1.41. The van der Waals surface area contributed by atoms with Gasteiger partial charge in [-0.05, 0) is 50.2 Å². The van der Waals surface area contributed by atoms with Crippen LogP contribution in [0.5, 0.6) is 0 Å². The lowest BCUT2D eigenvalue weighted by atomic mass is 10.2. The third kappa shape index (κ3) is 3.61. The monoisotopic (exact) mass is 377 g/mol. The summed E-state index contributed by atoms with van der Waals surface area (Å²) in [4.78, 5) is 4.82. The minimum Gasteiger partial charge on any atom is -0.369 e. The fourth-order valence-corrected chi connectivity index (χ4v) is 4.01. The normalized spacial score (nSPS) is 18.7. The number of aromatic nitrogens is 3. The standard InChI is InChI=1S/C18H24ClN5S/c1-2-23-17(14-6-7-14)20-24(18(23)25)13-21-8-10-22(11-9-21)16-5-3-4-15(19)12-16/h3-5,12,14H,2,6-11,13H2,1H3. The van der Waals surface area contributed by atoms with Crippen molar-refractivity contribution in [1.82, 2.24) is 19.2 Å². The molecule has 1 aromatic carbocycles. The third-order valence-electron chi connectivity index (χ3n) is 5.09. The summed E-state index contributed by atoms with van der Waals surface area (Å²) in [5, 5.41) is 5.62. The quantitative estimate of drug-likeness (QED) is 0.742. The molecule has 0 spiro atoms. The summed E-state index contributed by atoms with van der Waals surface area (Å²) in [6.07, 6.45) is 2.51. The lowest BCUT2D eigenvalue weighted by Gasteiger charge is -2.35. The van der Waals surface area contributed by atoms with Gasteiger partial charge >= 0.3 is 0 Å². The van der Waals surface area contributed by atoms with Crippen LogP contribution in [0.15, 0.2) is 24.3 Å². The molecule has 0 N–H and O–H groups in total. The van der Waals surface area contributed by atoms with Crippen molar-refractivity contribution in [3.05, 3.63) is 39.9 Å². The van der Waals surface area contributed by atoms with Crippen LogP contribution >= 0.6 is 23.8 Å². The average Bonchev–Trinajstić information content (AvgIpc) is 3.41. The van der Waals surface area contributed by atoms with Crippen LogP contribution in [-0.4, -0.2) is 45.4 Å². The van der Waals surface area contributed by atoms with Gasteiger partial charge in [-0.25, -0.2) is 4.68 Å². The van der Waals surface area contributed by atoms with Gasteiger partial charge < -0.3 is 9.47 Å². The molecule has 4 rings (SSSR count). The molecule has 1 saturated heterocycles. The van der Waals surface area contributed by atoms with E-state index in [1.807, 2.05) is 22.9 Å². The minimum atomic E-state index is 0.627. The Bertz CT molecular complexity index is 802. The molecule has 0 amide bonds. The van der Waals surface area contributed by atoms with Crippen molar-refractivity contribution < 1.29 is 0 Å². The van der Waals surface area contributed by atoms with Crippen molar-refractivity contribution in [2.24, 2.45) is 0 Å². The maximum absolute atomic E-state index is 6.12. The van der Waals surface area contributed by atoms with E-state index in [4.69, 9.17) is 28.9 Å². The molecule has 0 bridgehead atoms. The van der Waals surface area contributed by atoms with Gasteiger partial charge in [0.05, 0.1) is 6.67 Å². The average molecular weight is 378 g/mol. The Morgan fingerprint density at radius 1 is 1.20 bits per heavy atom. The van der Waals surface area contributed by atoms with Crippen LogP contribution in [0.2, 0.25) is 5.02 Å². The first-order valence-corrected chi connectivity index (χ1v) is 9.84. The molecule has 1 saturated carbocycles. The zero-order chi connectivity index (χ0) is 17.4. The van der Waals surface area contributed by atoms with Gasteiger partial charge in [0.15, 0.2) is 4.77 Å². The number of hydrogen-bond donors (Lipinski definition) is 0. The SMILES string of the molecule is CCn1c(C2CC2)nn(CN2CCN(c3cccc(Cl)c3)CC2)c1=S. The van der Waals surface area contributed by atoms with Gasteiger partial charge in [0.1, 0.15) is 5.82 Å². The molecule has 2 aliphatic rings. The lowest BCUT2D eigenvalue weighted by Crippen LogP contribution is -2.47. The zero-order valence-corrected chi connectivity index (χ0v) is 16.1. The van der Waals surface area contributed by atoms with Gasteiger partial charge in [-0.1, -0.05) is 17.7 Å². The summed E-state index contributed by atoms with van der Waals surface area (Å²) in [6.45, 7) is 7.85. The summed E-state index contributed by atoms with van der Waals surface area (Å²) in [7, 11) is 0. The third-order valence-corrected chi connectivity index (χ3v) is 5.76. The van der Waals surface area contributed by atoms with Gasteiger partial charge in [-0.15, -0.1) is 0 Å². The number of halogens is 1. The van der Waals surface area contributed by atoms with E-state index in [0.717, 1.165) is 49.2 Å². The second-order valence-corrected chi connectivity index (χ2v) is 7.69. The molecule has 2 fully saturated rings. The summed E-state index contributed by atoms with van der Waals surface area (Å²) in [5.41, 5.74) is 1.20. The fraction of sp³-hybridized carbons (Fsp3) is 0.556. The van der Waals surface area contributed by atoms with E-state index in [1.165, 1.54) is 24.4 Å². The second-order valence-electron chi connectivity index (χ2n) is 6.89. The first-order chi connectivity index (χ1) is 12.2. The predicted octanol–water partition coefficient (Wildman–Crippen LogP) is 3.74. The number of nitrogens with zero attached hydrogens (tertiary/aromatic N) is 5. The molecular weight excluding hydrogens is 354 g/mol. The van der Waals surface area contributed by atoms with E-state index >= 15 is 0 Å². The molecule has 2 aromatic rings. The van der Waals surface area contributed by atoms with Crippen molar-refractivity contribution in [2.45, 2.75) is 38.9 Å². The smallest absolute Gasteiger partial charge is 0.199 e. The largest absolute Gasteiger partial charge is 0.369 e. The molecule has 2 heterocycles. The fourth-order valence-electron chi connectivity index (χ4n) is 3.50. The van der Waals surface area contributed by atoms with Crippen molar-refractivity contribution in [3.63, 3.8) is 0 Å². The van der Waals surface area contributed by atoms with Crippen LogP contribution in [0.3, 0.4) is 0 Å². The van der Waals surface area contributed by atoms with Crippen LogP contribution in [0, 0.1) is 4.77 Å². The predicted molar refractivity (Wildman–Crippen MR) is 104 cm³/mol. The second kappa shape index (κ2) is 7.09. The van der Waals surface area contributed by atoms with Gasteiger partial charge in [0.2, 0.25) is 0 Å². The number of benzene rings is 1. The van der Waals surface area contributed by atoms with E-state index in [9.17, 15) is 0 Å². The van der Waals surface area contributed by atoms with E-state index < -0.39 is 0 Å². The van der Waals surface area contributed by atoms with Crippen molar-refractivity contribution >= 4 is 29.5 Å².